The highest BCUT2D eigenvalue weighted by molar-refractivity contribution is 7.17. The second-order valence-corrected chi connectivity index (χ2v) is 9.21. The molecule has 3 aromatic rings. The monoisotopic (exact) mass is 428 g/mol. The Hall–Kier alpha value is -2.45. The summed E-state index contributed by atoms with van der Waals surface area (Å²) in [5, 5.41) is 15.3. The fraction of sp³-hybridized carbons (Fsp3) is 0.500. The largest absolute Gasteiger partial charge is 0.492 e. The lowest BCUT2D eigenvalue weighted by atomic mass is 9.93. The quantitative estimate of drug-likeness (QED) is 0.621. The minimum absolute atomic E-state index is 0.0613. The summed E-state index contributed by atoms with van der Waals surface area (Å²) in [4.78, 5) is 20.2. The minimum Gasteiger partial charge on any atom is -0.492 e. The van der Waals surface area contributed by atoms with Crippen LogP contribution in [0.15, 0.2) is 24.3 Å². The van der Waals surface area contributed by atoms with E-state index in [9.17, 15) is 9.90 Å². The van der Waals surface area contributed by atoms with Crippen LogP contribution < -0.4 is 0 Å². The van der Waals surface area contributed by atoms with Crippen molar-refractivity contribution in [2.45, 2.75) is 45.6 Å². The maximum Gasteiger partial charge on any atom is 0.308 e. The van der Waals surface area contributed by atoms with Crippen LogP contribution in [0.4, 0.5) is 0 Å². The third kappa shape index (κ3) is 3.81. The van der Waals surface area contributed by atoms with E-state index in [0.29, 0.717) is 16.7 Å². The van der Waals surface area contributed by atoms with Crippen molar-refractivity contribution >= 4 is 22.3 Å². The van der Waals surface area contributed by atoms with E-state index in [4.69, 9.17) is 4.74 Å². The first-order chi connectivity index (χ1) is 14.4. The van der Waals surface area contributed by atoms with Crippen LogP contribution in [0.2, 0.25) is 0 Å². The van der Waals surface area contributed by atoms with Crippen LogP contribution in [-0.2, 0) is 9.53 Å². The molecule has 1 aliphatic heterocycles. The highest BCUT2D eigenvalue weighted by Crippen LogP contribution is 2.41. The first kappa shape index (κ1) is 20.8. The number of fused-ring (bicyclic) bond motifs is 1. The molecule has 30 heavy (non-hydrogen) atoms. The molecule has 3 heterocycles. The fourth-order valence-corrected chi connectivity index (χ4v) is 5.34. The van der Waals surface area contributed by atoms with Crippen molar-refractivity contribution in [2.75, 3.05) is 20.2 Å². The molecule has 0 radical (unpaired) electrons. The Bertz CT molecular complexity index is 1030. The molecule has 0 saturated carbocycles. The van der Waals surface area contributed by atoms with Crippen molar-refractivity contribution in [3.63, 3.8) is 0 Å². The lowest BCUT2D eigenvalue weighted by Crippen LogP contribution is -2.39. The van der Waals surface area contributed by atoms with Crippen molar-refractivity contribution in [1.82, 2.24) is 19.5 Å². The van der Waals surface area contributed by atoms with E-state index >= 15 is 0 Å². The third-order valence-corrected chi connectivity index (χ3v) is 6.97. The van der Waals surface area contributed by atoms with Gasteiger partial charge >= 0.3 is 5.97 Å². The van der Waals surface area contributed by atoms with Crippen molar-refractivity contribution < 1.29 is 14.6 Å². The van der Waals surface area contributed by atoms with Gasteiger partial charge in [-0.3, -0.25) is 9.69 Å². The predicted molar refractivity (Wildman–Crippen MR) is 116 cm³/mol. The highest BCUT2D eigenvalue weighted by atomic mass is 32.1. The molecule has 1 fully saturated rings. The number of thiazole rings is 1. The van der Waals surface area contributed by atoms with Crippen LogP contribution in [0.3, 0.4) is 0 Å². The number of carbonyl (C=O) groups is 1. The molecule has 0 spiro atoms. The Kier molecular flexibility index (Phi) is 5.79. The molecular formula is C22H28N4O3S. The highest BCUT2D eigenvalue weighted by Gasteiger charge is 2.34. The van der Waals surface area contributed by atoms with E-state index in [2.05, 4.69) is 53.1 Å². The number of methoxy groups -OCH3 is 1. The molecular weight excluding hydrogens is 400 g/mol. The number of benzene rings is 1. The first-order valence-electron chi connectivity index (χ1n) is 10.4. The lowest BCUT2D eigenvalue weighted by molar-refractivity contribution is -0.147. The van der Waals surface area contributed by atoms with Gasteiger partial charge in [-0.1, -0.05) is 49.4 Å². The number of nitrogens with zero attached hydrogens (tertiary/aromatic N) is 4. The van der Waals surface area contributed by atoms with Crippen molar-refractivity contribution in [3.05, 3.63) is 46.1 Å². The number of aromatic nitrogens is 3. The summed E-state index contributed by atoms with van der Waals surface area (Å²) in [5.41, 5.74) is 2.40. The number of hydrogen-bond acceptors (Lipinski definition) is 7. The molecule has 4 rings (SSSR count). The lowest BCUT2D eigenvalue weighted by Gasteiger charge is -2.36. The summed E-state index contributed by atoms with van der Waals surface area (Å²) in [6.45, 7) is 7.68. The third-order valence-electron chi connectivity index (χ3n) is 5.90. The molecule has 8 heteroatoms. The molecule has 0 bridgehead atoms. The van der Waals surface area contributed by atoms with Gasteiger partial charge in [-0.2, -0.15) is 4.52 Å². The molecule has 0 amide bonds. The molecule has 1 aliphatic rings. The van der Waals surface area contributed by atoms with Gasteiger partial charge in [0.1, 0.15) is 5.82 Å². The number of hydrogen-bond donors (Lipinski definition) is 1. The number of aromatic hydroxyl groups is 1. The molecule has 1 atom stereocenters. The molecule has 1 N–H and O–H groups in total. The van der Waals surface area contributed by atoms with Gasteiger partial charge < -0.3 is 9.84 Å². The van der Waals surface area contributed by atoms with Gasteiger partial charge in [-0.25, -0.2) is 4.98 Å². The molecule has 2 aromatic heterocycles. The second kappa shape index (κ2) is 8.35. The SMILES string of the molecule is COC(=O)C1CCN(C(c2ccc(C(C)C)cc2)c2sc3nc(C)nn3c2O)CC1. The Labute approximate surface area is 180 Å². The standard InChI is InChI=1S/C22H28N4O3S/c1-13(2)15-5-7-16(8-6-15)18(25-11-9-17(10-12-25)21(28)29-4)19-20(27)26-22(30-19)23-14(3)24-26/h5-8,13,17-18,27H,9-12H2,1-4H3. The van der Waals surface area contributed by atoms with Crippen LogP contribution in [0.1, 0.15) is 60.5 Å². The van der Waals surface area contributed by atoms with Gasteiger partial charge in [-0.05, 0) is 49.9 Å². The zero-order valence-corrected chi connectivity index (χ0v) is 18.6. The summed E-state index contributed by atoms with van der Waals surface area (Å²) in [6.07, 6.45) is 1.49. The Morgan fingerprint density at radius 3 is 2.40 bits per heavy atom. The van der Waals surface area contributed by atoms with Gasteiger partial charge in [0.05, 0.1) is 23.9 Å². The summed E-state index contributed by atoms with van der Waals surface area (Å²) < 4.78 is 6.45. The normalized spacial score (nSPS) is 17.0. The van der Waals surface area contributed by atoms with Gasteiger partial charge in [0.15, 0.2) is 0 Å². The van der Waals surface area contributed by atoms with Crippen LogP contribution in [0, 0.1) is 12.8 Å². The molecule has 1 aromatic carbocycles. The van der Waals surface area contributed by atoms with Crippen LogP contribution in [0.25, 0.3) is 4.96 Å². The Balaban J connectivity index is 1.70. The van der Waals surface area contributed by atoms with Crippen molar-refractivity contribution in [1.29, 1.82) is 0 Å². The van der Waals surface area contributed by atoms with E-state index in [1.807, 2.05) is 6.92 Å². The first-order valence-corrected chi connectivity index (χ1v) is 11.2. The van der Waals surface area contributed by atoms with Crippen LogP contribution >= 0.6 is 11.3 Å². The van der Waals surface area contributed by atoms with Gasteiger partial charge in [0, 0.05) is 0 Å². The number of piperidine rings is 1. The molecule has 1 saturated heterocycles. The molecule has 1 unspecified atom stereocenters. The number of carbonyl (C=O) groups excluding carboxylic acids is 1. The van der Waals surface area contributed by atoms with Crippen LogP contribution in [-0.4, -0.2) is 50.8 Å². The predicted octanol–water partition coefficient (Wildman–Crippen LogP) is 3.90. The summed E-state index contributed by atoms with van der Waals surface area (Å²) in [6, 6.07) is 8.50. The van der Waals surface area contributed by atoms with Crippen LogP contribution in [0.5, 0.6) is 5.88 Å². The molecule has 160 valence electrons. The van der Waals surface area contributed by atoms with E-state index in [1.165, 1.54) is 28.5 Å². The zero-order chi connectivity index (χ0) is 21.4. The minimum atomic E-state index is -0.135. The zero-order valence-electron chi connectivity index (χ0n) is 17.8. The number of likely N-dealkylation sites (tertiary alicyclic amines) is 1. The number of esters is 1. The van der Waals surface area contributed by atoms with Gasteiger partial charge in [0.2, 0.25) is 10.8 Å². The summed E-state index contributed by atoms with van der Waals surface area (Å²) in [5.74, 6) is 1.04. The van der Waals surface area contributed by atoms with Gasteiger partial charge in [-0.15, -0.1) is 5.10 Å². The average Bonchev–Trinajstić information content (AvgIpc) is 3.25. The Morgan fingerprint density at radius 2 is 1.83 bits per heavy atom. The number of aryl methyl sites for hydroxylation is 1. The van der Waals surface area contributed by atoms with E-state index in [0.717, 1.165) is 36.4 Å². The van der Waals surface area contributed by atoms with Crippen molar-refractivity contribution in [2.24, 2.45) is 5.92 Å². The summed E-state index contributed by atoms with van der Waals surface area (Å²) in [7, 11) is 1.45. The number of ether oxygens (including phenoxy) is 1. The molecule has 7 nitrogen and oxygen atoms in total. The smallest absolute Gasteiger partial charge is 0.308 e. The maximum atomic E-state index is 12.0. The van der Waals surface area contributed by atoms with Crippen molar-refractivity contribution in [3.8, 4) is 5.88 Å². The van der Waals surface area contributed by atoms with E-state index < -0.39 is 0 Å². The van der Waals surface area contributed by atoms with Gasteiger partial charge in [0.25, 0.3) is 0 Å². The fourth-order valence-electron chi connectivity index (χ4n) is 4.18. The summed E-state index contributed by atoms with van der Waals surface area (Å²) >= 11 is 1.47. The average molecular weight is 429 g/mol. The van der Waals surface area contributed by atoms with E-state index in [1.54, 1.807) is 0 Å². The molecule has 0 aliphatic carbocycles. The Morgan fingerprint density at radius 1 is 1.20 bits per heavy atom. The van der Waals surface area contributed by atoms with E-state index in [-0.39, 0.29) is 23.8 Å². The number of rotatable bonds is 5. The second-order valence-electron chi connectivity index (χ2n) is 8.20. The topological polar surface area (TPSA) is 80.0 Å². The maximum absolute atomic E-state index is 12.0.